The number of methoxy groups -OCH3 is 1. The van der Waals surface area contributed by atoms with Crippen molar-refractivity contribution in [2.75, 3.05) is 12.4 Å². The van der Waals surface area contributed by atoms with Crippen LogP contribution in [0.1, 0.15) is 28.3 Å². The molecule has 1 aromatic heterocycles. The topological polar surface area (TPSA) is 85.2 Å². The fourth-order valence-corrected chi connectivity index (χ4v) is 3.66. The number of benzene rings is 2. The standard InChI is InChI=1S/C23H24N4O3/c1-30-19-10-7-17(8-11-19)26-23(29)20-14-24-21-12-9-18(15-27(20)21)25-22(28)13-16-5-3-2-4-6-16/h2-8,10-11,14,18H,9,12-13,15H2,1H3,(H,25,28)(H,26,29). The Labute approximate surface area is 175 Å². The Hall–Kier alpha value is -3.61. The molecule has 30 heavy (non-hydrogen) atoms. The second-order valence-electron chi connectivity index (χ2n) is 7.32. The summed E-state index contributed by atoms with van der Waals surface area (Å²) in [5.41, 5.74) is 2.15. The van der Waals surface area contributed by atoms with Crippen LogP contribution in [0.2, 0.25) is 0 Å². The molecule has 0 bridgehead atoms. The van der Waals surface area contributed by atoms with Crippen LogP contribution in [-0.2, 0) is 24.2 Å². The molecule has 4 rings (SSSR count). The number of imidazole rings is 1. The van der Waals surface area contributed by atoms with Crippen molar-refractivity contribution in [3.63, 3.8) is 0 Å². The van der Waals surface area contributed by atoms with Crippen LogP contribution >= 0.6 is 0 Å². The maximum atomic E-state index is 12.8. The van der Waals surface area contributed by atoms with Gasteiger partial charge in [0.1, 0.15) is 17.3 Å². The summed E-state index contributed by atoms with van der Waals surface area (Å²) in [7, 11) is 1.60. The van der Waals surface area contributed by atoms with E-state index in [1.807, 2.05) is 34.9 Å². The largest absolute Gasteiger partial charge is 0.497 e. The highest BCUT2D eigenvalue weighted by Crippen LogP contribution is 2.20. The number of hydrogen-bond acceptors (Lipinski definition) is 4. The molecule has 2 amide bonds. The van der Waals surface area contributed by atoms with Crippen molar-refractivity contribution in [1.82, 2.24) is 14.9 Å². The van der Waals surface area contributed by atoms with Gasteiger partial charge in [-0.3, -0.25) is 9.59 Å². The number of nitrogens with one attached hydrogen (secondary N) is 2. The highest BCUT2D eigenvalue weighted by Gasteiger charge is 2.25. The first-order valence-electron chi connectivity index (χ1n) is 9.95. The summed E-state index contributed by atoms with van der Waals surface area (Å²) in [5, 5.41) is 5.98. The number of hydrogen-bond donors (Lipinski definition) is 2. The highest BCUT2D eigenvalue weighted by atomic mass is 16.5. The third-order valence-corrected chi connectivity index (χ3v) is 5.21. The number of fused-ring (bicyclic) bond motifs is 1. The molecule has 0 saturated heterocycles. The lowest BCUT2D eigenvalue weighted by atomic mass is 10.1. The summed E-state index contributed by atoms with van der Waals surface area (Å²) in [5.74, 6) is 1.35. The summed E-state index contributed by atoms with van der Waals surface area (Å²) >= 11 is 0. The van der Waals surface area contributed by atoms with Gasteiger partial charge < -0.3 is 19.9 Å². The van der Waals surface area contributed by atoms with Gasteiger partial charge in [-0.25, -0.2) is 4.98 Å². The molecule has 0 aliphatic carbocycles. The van der Waals surface area contributed by atoms with Crippen molar-refractivity contribution in [1.29, 1.82) is 0 Å². The first-order chi connectivity index (χ1) is 14.6. The zero-order valence-electron chi connectivity index (χ0n) is 16.8. The molecule has 7 heteroatoms. The molecule has 0 radical (unpaired) electrons. The van der Waals surface area contributed by atoms with Gasteiger partial charge >= 0.3 is 0 Å². The van der Waals surface area contributed by atoms with E-state index in [0.29, 0.717) is 30.8 Å². The predicted molar refractivity (Wildman–Crippen MR) is 114 cm³/mol. The zero-order valence-corrected chi connectivity index (χ0v) is 16.8. The van der Waals surface area contributed by atoms with Crippen LogP contribution in [0.5, 0.6) is 5.75 Å². The first kappa shape index (κ1) is 19.7. The molecular formula is C23H24N4O3. The van der Waals surface area contributed by atoms with Crippen molar-refractivity contribution in [2.24, 2.45) is 0 Å². The summed E-state index contributed by atoms with van der Waals surface area (Å²) < 4.78 is 7.04. The Kier molecular flexibility index (Phi) is 5.79. The van der Waals surface area contributed by atoms with Gasteiger partial charge in [-0.2, -0.15) is 0 Å². The molecule has 0 spiro atoms. The van der Waals surface area contributed by atoms with E-state index in [1.54, 1.807) is 37.6 Å². The summed E-state index contributed by atoms with van der Waals surface area (Å²) in [6.07, 6.45) is 3.46. The third-order valence-electron chi connectivity index (χ3n) is 5.21. The number of nitrogens with zero attached hydrogens (tertiary/aromatic N) is 2. The van der Waals surface area contributed by atoms with E-state index in [1.165, 1.54) is 0 Å². The second-order valence-corrected chi connectivity index (χ2v) is 7.32. The molecule has 0 fully saturated rings. The van der Waals surface area contributed by atoms with E-state index in [9.17, 15) is 9.59 Å². The van der Waals surface area contributed by atoms with Crippen LogP contribution < -0.4 is 15.4 Å². The minimum atomic E-state index is -0.227. The van der Waals surface area contributed by atoms with Gasteiger partial charge in [0, 0.05) is 24.7 Å². The molecule has 3 aromatic rings. The molecule has 7 nitrogen and oxygen atoms in total. The van der Waals surface area contributed by atoms with E-state index in [4.69, 9.17) is 4.74 Å². The smallest absolute Gasteiger partial charge is 0.273 e. The van der Waals surface area contributed by atoms with E-state index < -0.39 is 0 Å². The Balaban J connectivity index is 1.40. The minimum Gasteiger partial charge on any atom is -0.497 e. The van der Waals surface area contributed by atoms with Crippen LogP contribution in [0.4, 0.5) is 5.69 Å². The quantitative estimate of drug-likeness (QED) is 0.662. The van der Waals surface area contributed by atoms with Crippen LogP contribution in [0.3, 0.4) is 0 Å². The number of aryl methyl sites for hydroxylation is 1. The van der Waals surface area contributed by atoms with Crippen LogP contribution in [0, 0.1) is 0 Å². The van der Waals surface area contributed by atoms with Crippen LogP contribution in [-0.4, -0.2) is 34.5 Å². The van der Waals surface area contributed by atoms with Crippen molar-refractivity contribution in [3.8, 4) is 5.75 Å². The molecule has 1 aliphatic heterocycles. The number of ether oxygens (including phenoxy) is 1. The van der Waals surface area contributed by atoms with Gasteiger partial charge in [-0.05, 0) is 36.2 Å². The zero-order chi connectivity index (χ0) is 20.9. The van der Waals surface area contributed by atoms with Gasteiger partial charge in [0.05, 0.1) is 19.7 Å². The number of carbonyl (C=O) groups is 2. The van der Waals surface area contributed by atoms with Gasteiger partial charge in [-0.1, -0.05) is 30.3 Å². The molecule has 0 saturated carbocycles. The molecule has 1 unspecified atom stereocenters. The number of rotatable bonds is 6. The maximum Gasteiger partial charge on any atom is 0.273 e. The Morgan fingerprint density at radius 2 is 1.90 bits per heavy atom. The van der Waals surface area contributed by atoms with E-state index in [2.05, 4.69) is 15.6 Å². The lowest BCUT2D eigenvalue weighted by Gasteiger charge is -2.26. The van der Waals surface area contributed by atoms with Crippen LogP contribution in [0.15, 0.2) is 60.8 Å². The number of aromatic nitrogens is 2. The third kappa shape index (κ3) is 4.51. The SMILES string of the molecule is COc1ccc(NC(=O)c2cnc3n2CC(NC(=O)Cc2ccccc2)CC3)cc1. The Morgan fingerprint density at radius 1 is 1.13 bits per heavy atom. The average Bonchev–Trinajstić information content (AvgIpc) is 3.18. The fraction of sp³-hybridized carbons (Fsp3) is 0.261. The Morgan fingerprint density at radius 3 is 2.63 bits per heavy atom. The Bertz CT molecular complexity index is 1030. The number of carbonyl (C=O) groups excluding carboxylic acids is 2. The second kappa shape index (κ2) is 8.82. The normalized spacial score (nSPS) is 15.2. The molecule has 2 N–H and O–H groups in total. The summed E-state index contributed by atoms with van der Waals surface area (Å²) in [6.45, 7) is 0.529. The lowest BCUT2D eigenvalue weighted by Crippen LogP contribution is -2.42. The van der Waals surface area contributed by atoms with E-state index >= 15 is 0 Å². The maximum absolute atomic E-state index is 12.8. The molecule has 154 valence electrons. The van der Waals surface area contributed by atoms with Crippen molar-refractivity contribution < 1.29 is 14.3 Å². The number of anilines is 1. The first-order valence-corrected chi connectivity index (χ1v) is 9.95. The van der Waals surface area contributed by atoms with Crippen molar-refractivity contribution in [3.05, 3.63) is 77.9 Å². The fourth-order valence-electron chi connectivity index (χ4n) is 3.66. The summed E-state index contributed by atoms with van der Waals surface area (Å²) in [6, 6.07) is 16.8. The number of amides is 2. The highest BCUT2D eigenvalue weighted by molar-refractivity contribution is 6.03. The molecule has 2 heterocycles. The van der Waals surface area contributed by atoms with Gasteiger partial charge in [-0.15, -0.1) is 0 Å². The summed E-state index contributed by atoms with van der Waals surface area (Å²) in [4.78, 5) is 29.6. The monoisotopic (exact) mass is 404 g/mol. The van der Waals surface area contributed by atoms with Crippen LogP contribution in [0.25, 0.3) is 0 Å². The van der Waals surface area contributed by atoms with E-state index in [0.717, 1.165) is 23.6 Å². The van der Waals surface area contributed by atoms with Gasteiger partial charge in [0.25, 0.3) is 5.91 Å². The molecule has 1 atom stereocenters. The van der Waals surface area contributed by atoms with Gasteiger partial charge in [0.15, 0.2) is 0 Å². The predicted octanol–water partition coefficient (Wildman–Crippen LogP) is 2.82. The van der Waals surface area contributed by atoms with E-state index in [-0.39, 0.29) is 17.9 Å². The molecular weight excluding hydrogens is 380 g/mol. The van der Waals surface area contributed by atoms with Gasteiger partial charge in [0.2, 0.25) is 5.91 Å². The lowest BCUT2D eigenvalue weighted by molar-refractivity contribution is -0.121. The molecule has 2 aromatic carbocycles. The average molecular weight is 404 g/mol. The minimum absolute atomic E-state index is 0.0148. The van der Waals surface area contributed by atoms with Crippen molar-refractivity contribution >= 4 is 17.5 Å². The molecule has 1 aliphatic rings. The van der Waals surface area contributed by atoms with Crippen molar-refractivity contribution in [2.45, 2.75) is 31.8 Å².